The Morgan fingerprint density at radius 3 is 1.89 bits per heavy atom. The number of amides is 7. The van der Waals surface area contributed by atoms with Crippen LogP contribution in [0.3, 0.4) is 0 Å². The van der Waals surface area contributed by atoms with Gasteiger partial charge in [-0.25, -0.2) is 4.57 Å². The minimum atomic E-state index is -4.88. The number of rotatable bonds is 9. The van der Waals surface area contributed by atoms with Crippen molar-refractivity contribution in [1.29, 1.82) is 0 Å². The van der Waals surface area contributed by atoms with E-state index in [-0.39, 0.29) is 37.2 Å². The van der Waals surface area contributed by atoms with Crippen molar-refractivity contribution < 1.29 is 61.8 Å². The first kappa shape index (κ1) is 43.4. The van der Waals surface area contributed by atoms with Gasteiger partial charge in [0.05, 0.1) is 12.2 Å². The van der Waals surface area contributed by atoms with Crippen LogP contribution >= 0.6 is 7.82 Å². The zero-order chi connectivity index (χ0) is 41.2. The monoisotopic (exact) mass is 821 g/mol. The summed E-state index contributed by atoms with van der Waals surface area (Å²) < 4.78 is 29.0. The molecule has 1 aliphatic carbocycles. The molecule has 1 heterocycles. The third kappa shape index (κ3) is 12.9. The van der Waals surface area contributed by atoms with Crippen LogP contribution in [0.15, 0.2) is 48.5 Å². The number of hydrogen-bond donors (Lipinski definition) is 10. The third-order valence-corrected chi connectivity index (χ3v) is 10.8. The molecule has 4 rings (SSSR count). The number of nitrogens with two attached hydrogens (primary N) is 2. The van der Waals surface area contributed by atoms with Crippen LogP contribution in [0.25, 0.3) is 0 Å². The van der Waals surface area contributed by atoms with E-state index in [1.54, 1.807) is 0 Å². The minimum absolute atomic E-state index is 0.0867. The van der Waals surface area contributed by atoms with Crippen molar-refractivity contribution in [1.82, 2.24) is 26.6 Å². The van der Waals surface area contributed by atoms with Gasteiger partial charge in [0.2, 0.25) is 41.4 Å². The topological polar surface area (TPSA) is 336 Å². The Balaban J connectivity index is 1.72. The second-order valence-electron chi connectivity index (χ2n) is 13.5. The van der Waals surface area contributed by atoms with Crippen LogP contribution in [0, 0.1) is 0 Å². The molecule has 0 aromatic heterocycles. The molecule has 20 nitrogen and oxygen atoms in total. The number of hydrogen-bond acceptors (Lipinski definition) is 11. The summed E-state index contributed by atoms with van der Waals surface area (Å²) in [6, 6.07) is 4.57. The summed E-state index contributed by atoms with van der Waals surface area (Å²) in [5.74, 6) is -8.43. The Hall–Kier alpha value is -5.37. The number of phosphoric acid groups is 1. The number of benzene rings is 2. The summed E-state index contributed by atoms with van der Waals surface area (Å²) in [4.78, 5) is 112. The van der Waals surface area contributed by atoms with Gasteiger partial charge in [-0.15, -0.1) is 0 Å². The quantitative estimate of drug-likeness (QED) is 0.117. The van der Waals surface area contributed by atoms with Crippen LogP contribution in [0.2, 0.25) is 0 Å². The molecule has 22 heteroatoms. The molecular formula is C34H44N7O13PS. The van der Waals surface area contributed by atoms with Gasteiger partial charge >= 0.3 is 7.82 Å². The van der Waals surface area contributed by atoms with E-state index in [1.165, 1.54) is 48.5 Å². The fourth-order valence-electron chi connectivity index (χ4n) is 6.31. The smallest absolute Gasteiger partial charge is 0.508 e. The van der Waals surface area contributed by atoms with Crippen LogP contribution in [0.5, 0.6) is 11.5 Å². The standard InChI is InChI=1S/C34H44N7O13PS/c35-27(43)16-25-31(47)38-23(14-19-4-8-21(42)9-5-19)30(46)39-26(29(36)45)17-56(53)18-28(44)37-24(15-20-6-10-22(11-7-20)54-55(50,51)52)32(48)41-34(33(49)40-25)12-2-1-3-13-34/h4-11,23-26,42H,1-3,12-18H2,(H2,35,43)(H2,36,45)(H,37,44)(H,38,47)(H,39,46)(H,40,49)(H,41,48)(H2,50,51,52)/t23-,24-,25-,26-,56-/m1/s1. The van der Waals surface area contributed by atoms with E-state index in [4.69, 9.17) is 21.3 Å². The van der Waals surface area contributed by atoms with Crippen molar-refractivity contribution in [2.24, 2.45) is 11.5 Å². The van der Waals surface area contributed by atoms with Crippen molar-refractivity contribution in [2.75, 3.05) is 11.5 Å². The Kier molecular flexibility index (Phi) is 14.7. The first-order valence-electron chi connectivity index (χ1n) is 17.4. The number of nitrogens with one attached hydrogen (secondary N) is 5. The molecule has 0 bridgehead atoms. The second kappa shape index (κ2) is 19.0. The Morgan fingerprint density at radius 1 is 0.786 bits per heavy atom. The summed E-state index contributed by atoms with van der Waals surface area (Å²) in [6.45, 7) is 0. The lowest BCUT2D eigenvalue weighted by atomic mass is 9.80. The molecule has 1 spiro atoms. The van der Waals surface area contributed by atoms with Gasteiger partial charge in [0.25, 0.3) is 0 Å². The van der Waals surface area contributed by atoms with Gasteiger partial charge in [0, 0.05) is 23.6 Å². The Bertz CT molecular complexity index is 1890. The van der Waals surface area contributed by atoms with E-state index in [0.717, 1.165) is 0 Å². The normalized spacial score (nSPS) is 24.2. The van der Waals surface area contributed by atoms with Crippen molar-refractivity contribution in [3.05, 3.63) is 59.7 Å². The number of phenolic OH excluding ortho intramolecular Hbond substituents is 1. The molecule has 304 valence electrons. The first-order chi connectivity index (χ1) is 26.3. The van der Waals surface area contributed by atoms with E-state index in [1.807, 2.05) is 0 Å². The minimum Gasteiger partial charge on any atom is -0.508 e. The lowest BCUT2D eigenvalue weighted by molar-refractivity contribution is -0.139. The molecule has 12 N–H and O–H groups in total. The van der Waals surface area contributed by atoms with Crippen molar-refractivity contribution >= 4 is 60.0 Å². The highest BCUT2D eigenvalue weighted by molar-refractivity contribution is 7.85. The number of aromatic hydroxyl groups is 1. The van der Waals surface area contributed by atoms with E-state index >= 15 is 0 Å². The van der Waals surface area contributed by atoms with Crippen molar-refractivity contribution in [3.8, 4) is 11.5 Å². The van der Waals surface area contributed by atoms with Crippen LogP contribution in [-0.2, 0) is 61.8 Å². The van der Waals surface area contributed by atoms with Gasteiger partial charge in [-0.2, -0.15) is 0 Å². The summed E-state index contributed by atoms with van der Waals surface area (Å²) in [6.07, 6.45) is 0.620. The molecule has 2 aliphatic rings. The second-order valence-corrected chi connectivity index (χ2v) is 16.2. The first-order valence-corrected chi connectivity index (χ1v) is 20.4. The molecule has 1 aliphatic heterocycles. The van der Waals surface area contributed by atoms with E-state index < -0.39 is 108 Å². The average Bonchev–Trinajstić information content (AvgIpc) is 3.11. The Labute approximate surface area is 322 Å². The summed E-state index contributed by atoms with van der Waals surface area (Å²) >= 11 is 0. The number of carbonyl (C=O) groups excluding carboxylic acids is 7. The largest absolute Gasteiger partial charge is 0.524 e. The number of primary amides is 2. The van der Waals surface area contributed by atoms with E-state index in [2.05, 4.69) is 31.1 Å². The maximum atomic E-state index is 14.2. The van der Waals surface area contributed by atoms with Gasteiger partial charge in [0.15, 0.2) is 0 Å². The molecule has 7 amide bonds. The molecule has 56 heavy (non-hydrogen) atoms. The fraction of sp³-hybridized carbons (Fsp3) is 0.441. The van der Waals surface area contributed by atoms with Crippen LogP contribution in [-0.4, -0.2) is 102 Å². The van der Waals surface area contributed by atoms with E-state index in [9.17, 15) is 47.4 Å². The maximum absolute atomic E-state index is 14.2. The molecule has 2 aromatic carbocycles. The average molecular weight is 822 g/mol. The SMILES string of the molecule is NC(=O)C[C@H]1NC(=O)C2(CCCCC2)NC(=O)[C@@H](Cc2ccc(OP(=O)(O)O)cc2)NC(=O)C[S@](=O)C[C@H](C(N)=O)NC(=O)[C@@H](Cc2ccc(O)cc2)NC1=O. The lowest BCUT2D eigenvalue weighted by Gasteiger charge is -2.38. The van der Waals surface area contributed by atoms with Gasteiger partial charge in [-0.3, -0.25) is 47.6 Å². The van der Waals surface area contributed by atoms with Gasteiger partial charge in [-0.05, 0) is 48.2 Å². The fourth-order valence-corrected chi connectivity index (χ4v) is 7.82. The summed E-state index contributed by atoms with van der Waals surface area (Å²) in [7, 11) is -7.05. The molecule has 2 aromatic rings. The van der Waals surface area contributed by atoms with Gasteiger partial charge in [-0.1, -0.05) is 43.5 Å². The lowest BCUT2D eigenvalue weighted by Crippen LogP contribution is -2.66. The highest BCUT2D eigenvalue weighted by Gasteiger charge is 2.44. The molecule has 1 saturated heterocycles. The number of phenols is 1. The molecule has 2 fully saturated rings. The maximum Gasteiger partial charge on any atom is 0.524 e. The summed E-state index contributed by atoms with van der Waals surface area (Å²) in [5.41, 5.74) is 10.1. The third-order valence-electron chi connectivity index (χ3n) is 9.08. The predicted molar refractivity (Wildman–Crippen MR) is 197 cm³/mol. The molecule has 5 atom stereocenters. The highest BCUT2D eigenvalue weighted by atomic mass is 32.2. The van der Waals surface area contributed by atoms with Crippen molar-refractivity contribution in [3.63, 3.8) is 0 Å². The van der Waals surface area contributed by atoms with Crippen LogP contribution < -0.4 is 42.6 Å². The molecule has 0 radical (unpaired) electrons. The number of carbonyl (C=O) groups is 7. The zero-order valence-corrected chi connectivity index (χ0v) is 31.6. The van der Waals surface area contributed by atoms with Crippen LogP contribution in [0.4, 0.5) is 0 Å². The zero-order valence-electron chi connectivity index (χ0n) is 29.9. The molecule has 0 unspecified atom stereocenters. The van der Waals surface area contributed by atoms with E-state index in [0.29, 0.717) is 30.4 Å². The molecule has 1 saturated carbocycles. The van der Waals surface area contributed by atoms with Gasteiger partial charge in [0.1, 0.15) is 47.0 Å². The highest BCUT2D eigenvalue weighted by Crippen LogP contribution is 2.37. The predicted octanol–water partition coefficient (Wildman–Crippen LogP) is -2.47. The molecular weight excluding hydrogens is 777 g/mol. The van der Waals surface area contributed by atoms with Gasteiger partial charge < -0.3 is 47.7 Å². The van der Waals surface area contributed by atoms with Crippen LogP contribution in [0.1, 0.15) is 49.7 Å². The summed E-state index contributed by atoms with van der Waals surface area (Å²) in [5, 5.41) is 22.3. The van der Waals surface area contributed by atoms with Crippen molar-refractivity contribution in [2.45, 2.75) is 81.1 Å². The Morgan fingerprint density at radius 2 is 1.34 bits per heavy atom. The number of phosphoric ester groups is 1.